The number of benzene rings is 1. The van der Waals surface area contributed by atoms with Crippen LogP contribution in [-0.4, -0.2) is 39.4 Å². The maximum absolute atomic E-state index is 13.7. The molecule has 6 rings (SSSR count). The Kier molecular flexibility index (Phi) is 6.17. The van der Waals surface area contributed by atoms with E-state index in [1.807, 2.05) is 0 Å². The number of aryl methyl sites for hydroxylation is 1. The highest BCUT2D eigenvalue weighted by atomic mass is 19.4. The van der Waals surface area contributed by atoms with Crippen molar-refractivity contribution in [2.45, 2.75) is 82.3 Å². The number of hydrogen-bond acceptors (Lipinski definition) is 6. The smallest absolute Gasteiger partial charge is 0.417 e. The molecule has 0 radical (unpaired) electrons. The number of hydrogen-bond donors (Lipinski definition) is 1. The molecule has 38 heavy (non-hydrogen) atoms. The van der Waals surface area contributed by atoms with Crippen molar-refractivity contribution < 1.29 is 32.3 Å². The Balaban J connectivity index is 1.21. The van der Waals surface area contributed by atoms with E-state index in [0.717, 1.165) is 50.4 Å². The highest BCUT2D eigenvalue weighted by Crippen LogP contribution is 2.46. The maximum atomic E-state index is 13.7. The average Bonchev–Trinajstić information content (AvgIpc) is 3.57. The highest BCUT2D eigenvalue weighted by Gasteiger charge is 2.43. The lowest BCUT2D eigenvalue weighted by Crippen LogP contribution is -2.46. The summed E-state index contributed by atoms with van der Waals surface area (Å²) in [5.74, 6) is 0.595. The number of pyridine rings is 1. The lowest BCUT2D eigenvalue weighted by molar-refractivity contribution is -0.137. The van der Waals surface area contributed by atoms with Gasteiger partial charge in [0.05, 0.1) is 29.5 Å². The molecule has 200 valence electrons. The van der Waals surface area contributed by atoms with Gasteiger partial charge < -0.3 is 19.3 Å². The first kappa shape index (κ1) is 24.9. The molecule has 3 aliphatic rings. The summed E-state index contributed by atoms with van der Waals surface area (Å²) in [5, 5.41) is 13.4. The zero-order chi connectivity index (χ0) is 26.6. The number of carboxylic acids is 1. The number of piperidine rings is 1. The fourth-order valence-electron chi connectivity index (χ4n) is 6.03. The third-order valence-corrected chi connectivity index (χ3v) is 7.97. The van der Waals surface area contributed by atoms with Crippen LogP contribution in [0.3, 0.4) is 0 Å². The molecular weight excluding hydrogens is 499 g/mol. The largest absolute Gasteiger partial charge is 0.478 e. The van der Waals surface area contributed by atoms with Gasteiger partial charge in [0.15, 0.2) is 0 Å². The van der Waals surface area contributed by atoms with Gasteiger partial charge >= 0.3 is 12.1 Å². The molecule has 3 aromatic rings. The molecule has 2 aliphatic heterocycles. The Morgan fingerprint density at radius 2 is 1.82 bits per heavy atom. The second-order valence-electron chi connectivity index (χ2n) is 10.5. The Bertz CT molecular complexity index is 1350. The molecule has 4 heterocycles. The van der Waals surface area contributed by atoms with E-state index in [1.165, 1.54) is 12.1 Å². The summed E-state index contributed by atoms with van der Waals surface area (Å²) in [6.45, 7) is 1.85. The summed E-state index contributed by atoms with van der Waals surface area (Å²) < 4.78 is 53.2. The van der Waals surface area contributed by atoms with Crippen LogP contribution in [0.2, 0.25) is 0 Å². The van der Waals surface area contributed by atoms with Crippen molar-refractivity contribution in [3.63, 3.8) is 0 Å². The molecule has 2 aromatic heterocycles. The topological polar surface area (TPSA) is 88.7 Å². The zero-order valence-electron chi connectivity index (χ0n) is 20.9. The molecule has 7 nitrogen and oxygen atoms in total. The maximum Gasteiger partial charge on any atom is 0.417 e. The number of aromatic nitrogens is 2. The molecular formula is C28H28F3N3O4. The number of nitrogens with zero attached hydrogens (tertiary/aromatic N) is 3. The standard InChI is InChI=1S/C28H28F3N3O4/c1-15-20(27(35)36)10-11-24(32-15)34-17-8-9-18(34)13-19(12-17)37-14-22-25(33-38-26(22)16-6-7-16)21-4-2-3-5-23(21)28(29,30)31/h2-5,10-11,16-19H,6-9,12-14H2,1H3,(H,35,36). The Morgan fingerprint density at radius 1 is 1.11 bits per heavy atom. The van der Waals surface area contributed by atoms with Crippen LogP contribution < -0.4 is 4.90 Å². The first-order valence-electron chi connectivity index (χ1n) is 13.0. The van der Waals surface area contributed by atoms with Crippen LogP contribution in [0.5, 0.6) is 0 Å². The lowest BCUT2D eigenvalue weighted by Gasteiger charge is -2.39. The molecule has 10 heteroatoms. The number of carboxylic acid groups (broad SMARTS) is 1. The van der Waals surface area contributed by atoms with Gasteiger partial charge in [-0.05, 0) is 63.6 Å². The second-order valence-corrected chi connectivity index (χ2v) is 10.5. The molecule has 1 aliphatic carbocycles. The SMILES string of the molecule is Cc1nc(N2C3CCC2CC(OCc2c(-c4ccccc4C(F)(F)F)noc2C2CC2)C3)ccc1C(=O)O. The van der Waals surface area contributed by atoms with Crippen molar-refractivity contribution in [2.24, 2.45) is 0 Å². The van der Waals surface area contributed by atoms with Crippen LogP contribution in [0, 0.1) is 6.92 Å². The minimum atomic E-state index is -4.51. The van der Waals surface area contributed by atoms with E-state index >= 15 is 0 Å². The van der Waals surface area contributed by atoms with Crippen LogP contribution in [0.4, 0.5) is 19.0 Å². The van der Waals surface area contributed by atoms with Crippen molar-refractivity contribution in [1.82, 2.24) is 10.1 Å². The number of halogens is 3. The van der Waals surface area contributed by atoms with Gasteiger partial charge in [0.1, 0.15) is 17.3 Å². The summed E-state index contributed by atoms with van der Waals surface area (Å²) in [7, 11) is 0. The van der Waals surface area contributed by atoms with E-state index in [4.69, 9.17) is 9.26 Å². The number of anilines is 1. The summed E-state index contributed by atoms with van der Waals surface area (Å²) >= 11 is 0. The Labute approximate surface area is 217 Å². The van der Waals surface area contributed by atoms with Crippen LogP contribution in [0.25, 0.3) is 11.3 Å². The predicted octanol–water partition coefficient (Wildman–Crippen LogP) is 6.36. The van der Waals surface area contributed by atoms with Crippen molar-refractivity contribution >= 4 is 11.8 Å². The predicted molar refractivity (Wildman–Crippen MR) is 132 cm³/mol. The molecule has 1 saturated carbocycles. The summed E-state index contributed by atoms with van der Waals surface area (Å²) in [6.07, 6.45) is 0.779. The van der Waals surface area contributed by atoms with Crippen molar-refractivity contribution in [3.8, 4) is 11.3 Å². The third-order valence-electron chi connectivity index (χ3n) is 7.97. The molecule has 0 amide bonds. The summed E-state index contributed by atoms with van der Waals surface area (Å²) in [5.41, 5.74) is 0.774. The van der Waals surface area contributed by atoms with Gasteiger partial charge in [-0.25, -0.2) is 9.78 Å². The van der Waals surface area contributed by atoms with Gasteiger partial charge in [0.25, 0.3) is 0 Å². The minimum absolute atomic E-state index is 0.00962. The second kappa shape index (κ2) is 9.41. The van der Waals surface area contributed by atoms with Crippen LogP contribution in [0.1, 0.15) is 77.4 Å². The number of carbonyl (C=O) groups is 1. The van der Waals surface area contributed by atoms with E-state index < -0.39 is 17.7 Å². The number of rotatable bonds is 7. The number of ether oxygens (including phenoxy) is 1. The zero-order valence-corrected chi connectivity index (χ0v) is 20.9. The quantitative estimate of drug-likeness (QED) is 0.383. The van der Waals surface area contributed by atoms with E-state index in [0.29, 0.717) is 17.0 Å². The minimum Gasteiger partial charge on any atom is -0.478 e. The molecule has 2 unspecified atom stereocenters. The summed E-state index contributed by atoms with van der Waals surface area (Å²) in [4.78, 5) is 18.2. The van der Waals surface area contributed by atoms with Crippen molar-refractivity contribution in [2.75, 3.05) is 4.90 Å². The Hall–Kier alpha value is -3.40. The van der Waals surface area contributed by atoms with Crippen molar-refractivity contribution in [3.05, 3.63) is 64.5 Å². The third kappa shape index (κ3) is 4.55. The van der Waals surface area contributed by atoms with Gasteiger partial charge in [-0.1, -0.05) is 23.4 Å². The van der Waals surface area contributed by atoms with Gasteiger partial charge in [0, 0.05) is 29.1 Å². The first-order chi connectivity index (χ1) is 18.2. The molecule has 2 bridgehead atoms. The molecule has 2 saturated heterocycles. The molecule has 0 spiro atoms. The number of alkyl halides is 3. The van der Waals surface area contributed by atoms with Crippen molar-refractivity contribution in [1.29, 1.82) is 0 Å². The molecule has 1 N–H and O–H groups in total. The van der Waals surface area contributed by atoms with Crippen LogP contribution in [0.15, 0.2) is 40.9 Å². The molecule has 1 aromatic carbocycles. The summed E-state index contributed by atoms with van der Waals surface area (Å²) in [6, 6.07) is 9.24. The monoisotopic (exact) mass is 527 g/mol. The Morgan fingerprint density at radius 3 is 2.45 bits per heavy atom. The lowest BCUT2D eigenvalue weighted by atomic mass is 9.98. The fourth-order valence-corrected chi connectivity index (χ4v) is 6.03. The van der Waals surface area contributed by atoms with E-state index in [2.05, 4.69) is 15.0 Å². The molecule has 2 atom stereocenters. The first-order valence-corrected chi connectivity index (χ1v) is 13.0. The highest BCUT2D eigenvalue weighted by molar-refractivity contribution is 5.89. The fraction of sp³-hybridized carbons (Fsp3) is 0.464. The van der Waals surface area contributed by atoms with Gasteiger partial charge in [-0.2, -0.15) is 13.2 Å². The van der Waals surface area contributed by atoms with Gasteiger partial charge in [0.2, 0.25) is 0 Å². The van der Waals surface area contributed by atoms with Crippen LogP contribution in [-0.2, 0) is 17.5 Å². The number of aromatic carboxylic acids is 1. The van der Waals surface area contributed by atoms with E-state index in [1.54, 1.807) is 25.1 Å². The van der Waals surface area contributed by atoms with Gasteiger partial charge in [-0.15, -0.1) is 0 Å². The number of fused-ring (bicyclic) bond motifs is 2. The molecule has 3 fully saturated rings. The van der Waals surface area contributed by atoms with Crippen LogP contribution >= 0.6 is 0 Å². The van der Waals surface area contributed by atoms with E-state index in [9.17, 15) is 23.1 Å². The average molecular weight is 528 g/mol. The normalized spacial score (nSPS) is 23.2. The van der Waals surface area contributed by atoms with Gasteiger partial charge in [-0.3, -0.25) is 0 Å². The van der Waals surface area contributed by atoms with E-state index in [-0.39, 0.29) is 47.5 Å².